The Kier molecular flexibility index (Phi) is 6.31. The van der Waals surface area contributed by atoms with Crippen molar-refractivity contribution >= 4 is 23.6 Å². The van der Waals surface area contributed by atoms with E-state index in [1.54, 1.807) is 0 Å². The molecule has 0 rings (SSSR count). The average molecular weight is 221 g/mol. The highest BCUT2D eigenvalue weighted by atomic mass is 32.2. The molecule has 1 unspecified atom stereocenters. The van der Waals surface area contributed by atoms with Crippen molar-refractivity contribution in [1.82, 2.24) is 5.32 Å². The predicted octanol–water partition coefficient (Wildman–Crippen LogP) is -0.310. The molecule has 5 nitrogen and oxygen atoms in total. The van der Waals surface area contributed by atoms with Gasteiger partial charge in [-0.1, -0.05) is 13.8 Å². The number of thioether (sulfide) groups is 1. The smallest absolute Gasteiger partial charge is 0.334 e. The van der Waals surface area contributed by atoms with E-state index in [-0.39, 0.29) is 18.2 Å². The van der Waals surface area contributed by atoms with Crippen molar-refractivity contribution in [3.63, 3.8) is 0 Å². The number of hydrogen-bond acceptors (Lipinski definition) is 4. The lowest BCUT2D eigenvalue weighted by Crippen LogP contribution is -2.37. The second-order valence-corrected chi connectivity index (χ2v) is 4.58. The Morgan fingerprint density at radius 3 is 2.43 bits per heavy atom. The van der Waals surface area contributed by atoms with Crippen LogP contribution < -0.4 is 5.32 Å². The Morgan fingerprint density at radius 2 is 2.00 bits per heavy atom. The third kappa shape index (κ3) is 6.73. The molecule has 1 amide bonds. The van der Waals surface area contributed by atoms with Crippen LogP contribution in [0.1, 0.15) is 13.8 Å². The van der Waals surface area contributed by atoms with E-state index in [1.807, 2.05) is 13.8 Å². The van der Waals surface area contributed by atoms with Gasteiger partial charge in [-0.3, -0.25) is 4.79 Å². The molecule has 0 saturated carbocycles. The van der Waals surface area contributed by atoms with Crippen LogP contribution in [0.4, 0.5) is 0 Å². The number of amides is 1. The van der Waals surface area contributed by atoms with Gasteiger partial charge in [0.15, 0.2) is 6.10 Å². The summed E-state index contributed by atoms with van der Waals surface area (Å²) in [6, 6.07) is 0. The standard InChI is InChI=1S/C8H15NO4S/c1-5(2)14-4-7(11)9-3-6(10)8(12)13/h5-6,10H,3-4H2,1-2H3,(H,9,11)(H,12,13). The van der Waals surface area contributed by atoms with E-state index < -0.39 is 12.1 Å². The number of carboxylic acid groups (broad SMARTS) is 1. The third-order valence-corrected chi connectivity index (χ3v) is 2.42. The Balaban J connectivity index is 3.59. The van der Waals surface area contributed by atoms with Gasteiger partial charge >= 0.3 is 5.97 Å². The number of carboxylic acids is 1. The van der Waals surface area contributed by atoms with Crippen molar-refractivity contribution in [3.8, 4) is 0 Å². The third-order valence-electron chi connectivity index (χ3n) is 1.33. The zero-order valence-electron chi connectivity index (χ0n) is 8.19. The summed E-state index contributed by atoms with van der Waals surface area (Å²) in [6.45, 7) is 3.68. The van der Waals surface area contributed by atoms with E-state index in [0.717, 1.165) is 0 Å². The molecule has 3 N–H and O–H groups in total. The van der Waals surface area contributed by atoms with Crippen molar-refractivity contribution in [2.75, 3.05) is 12.3 Å². The lowest BCUT2D eigenvalue weighted by atomic mass is 10.3. The maximum absolute atomic E-state index is 11.0. The maximum atomic E-state index is 11.0. The SMILES string of the molecule is CC(C)SCC(=O)NCC(O)C(=O)O. The zero-order chi connectivity index (χ0) is 11.1. The molecule has 0 fully saturated rings. The molecule has 0 radical (unpaired) electrons. The first-order valence-electron chi connectivity index (χ1n) is 4.22. The number of rotatable bonds is 6. The molecule has 0 spiro atoms. The van der Waals surface area contributed by atoms with Crippen molar-refractivity contribution in [2.24, 2.45) is 0 Å². The lowest BCUT2D eigenvalue weighted by Gasteiger charge is -2.08. The van der Waals surface area contributed by atoms with Crippen LogP contribution in [0.25, 0.3) is 0 Å². The van der Waals surface area contributed by atoms with Gasteiger partial charge in [0.05, 0.1) is 12.3 Å². The maximum Gasteiger partial charge on any atom is 0.334 e. The van der Waals surface area contributed by atoms with Gasteiger partial charge in [-0.2, -0.15) is 0 Å². The second kappa shape index (κ2) is 6.67. The van der Waals surface area contributed by atoms with E-state index in [2.05, 4.69) is 5.32 Å². The quantitative estimate of drug-likeness (QED) is 0.572. The second-order valence-electron chi connectivity index (χ2n) is 3.02. The molecule has 0 heterocycles. The number of aliphatic hydroxyl groups is 1. The van der Waals surface area contributed by atoms with Crippen LogP contribution in [0, 0.1) is 0 Å². The first kappa shape index (κ1) is 13.2. The minimum absolute atomic E-state index is 0.243. The Hall–Kier alpha value is -0.750. The first-order valence-corrected chi connectivity index (χ1v) is 5.27. The summed E-state index contributed by atoms with van der Waals surface area (Å²) in [7, 11) is 0. The van der Waals surface area contributed by atoms with Gasteiger partial charge in [0.1, 0.15) is 0 Å². The summed E-state index contributed by atoms with van der Waals surface area (Å²) in [4.78, 5) is 21.2. The largest absolute Gasteiger partial charge is 0.479 e. The van der Waals surface area contributed by atoms with Crippen LogP contribution >= 0.6 is 11.8 Å². The molecule has 1 atom stereocenters. The molecule has 0 saturated heterocycles. The van der Waals surface area contributed by atoms with E-state index in [9.17, 15) is 9.59 Å². The summed E-state index contributed by atoms with van der Waals surface area (Å²) in [5, 5.41) is 19.8. The van der Waals surface area contributed by atoms with Gasteiger partial charge in [0, 0.05) is 0 Å². The van der Waals surface area contributed by atoms with Crippen molar-refractivity contribution in [3.05, 3.63) is 0 Å². The summed E-state index contributed by atoms with van der Waals surface area (Å²) < 4.78 is 0. The topological polar surface area (TPSA) is 86.6 Å². The zero-order valence-corrected chi connectivity index (χ0v) is 9.00. The van der Waals surface area contributed by atoms with Crippen LogP contribution in [0.3, 0.4) is 0 Å². The Bertz CT molecular complexity index is 208. The fraction of sp³-hybridized carbons (Fsp3) is 0.750. The number of carbonyl (C=O) groups is 2. The van der Waals surface area contributed by atoms with Gasteiger partial charge in [-0.25, -0.2) is 4.79 Å². The highest BCUT2D eigenvalue weighted by Gasteiger charge is 2.13. The number of carbonyl (C=O) groups excluding carboxylic acids is 1. The molecule has 0 bridgehead atoms. The molecule has 6 heteroatoms. The molecular weight excluding hydrogens is 206 g/mol. The fourth-order valence-electron chi connectivity index (χ4n) is 0.591. The van der Waals surface area contributed by atoms with Gasteiger partial charge in [0.2, 0.25) is 5.91 Å². The molecule has 0 aromatic heterocycles. The fourth-order valence-corrected chi connectivity index (χ4v) is 1.18. The first-order chi connectivity index (χ1) is 6.43. The van der Waals surface area contributed by atoms with Crippen LogP contribution in [-0.4, -0.2) is 45.7 Å². The van der Waals surface area contributed by atoms with Crippen molar-refractivity contribution in [2.45, 2.75) is 25.2 Å². The molecule has 0 aliphatic heterocycles. The number of aliphatic carboxylic acids is 1. The molecule has 82 valence electrons. The number of hydrogen-bond donors (Lipinski definition) is 3. The van der Waals surface area contributed by atoms with Crippen molar-refractivity contribution in [1.29, 1.82) is 0 Å². The van der Waals surface area contributed by atoms with Crippen LogP contribution in [0.5, 0.6) is 0 Å². The Morgan fingerprint density at radius 1 is 1.43 bits per heavy atom. The molecule has 14 heavy (non-hydrogen) atoms. The van der Waals surface area contributed by atoms with E-state index >= 15 is 0 Å². The van der Waals surface area contributed by atoms with Gasteiger partial charge in [0.25, 0.3) is 0 Å². The Labute approximate surface area is 86.9 Å². The van der Waals surface area contributed by atoms with Crippen molar-refractivity contribution < 1.29 is 19.8 Å². The molecule has 0 aromatic carbocycles. The summed E-state index contributed by atoms with van der Waals surface area (Å²) in [5.41, 5.74) is 0. The summed E-state index contributed by atoms with van der Waals surface area (Å²) in [5.74, 6) is -1.31. The molecular formula is C8H15NO4S. The van der Waals surface area contributed by atoms with Gasteiger partial charge < -0.3 is 15.5 Å². The predicted molar refractivity (Wildman–Crippen MR) is 54.2 cm³/mol. The van der Waals surface area contributed by atoms with E-state index in [1.165, 1.54) is 11.8 Å². The highest BCUT2D eigenvalue weighted by Crippen LogP contribution is 2.07. The normalized spacial score (nSPS) is 12.6. The highest BCUT2D eigenvalue weighted by molar-refractivity contribution is 8.00. The minimum Gasteiger partial charge on any atom is -0.479 e. The molecule has 0 aliphatic rings. The van der Waals surface area contributed by atoms with Crippen LogP contribution in [0.2, 0.25) is 0 Å². The van der Waals surface area contributed by atoms with Crippen LogP contribution in [-0.2, 0) is 9.59 Å². The summed E-state index contributed by atoms with van der Waals surface area (Å²) in [6.07, 6.45) is -1.53. The number of nitrogens with one attached hydrogen (secondary N) is 1. The van der Waals surface area contributed by atoms with Crippen LogP contribution in [0.15, 0.2) is 0 Å². The van der Waals surface area contributed by atoms with Gasteiger partial charge in [-0.15, -0.1) is 11.8 Å². The van der Waals surface area contributed by atoms with E-state index in [0.29, 0.717) is 5.25 Å². The monoisotopic (exact) mass is 221 g/mol. The van der Waals surface area contributed by atoms with Gasteiger partial charge in [-0.05, 0) is 5.25 Å². The number of aliphatic hydroxyl groups excluding tert-OH is 1. The summed E-state index contributed by atoms with van der Waals surface area (Å²) >= 11 is 1.46. The lowest BCUT2D eigenvalue weighted by molar-refractivity contribution is -0.146. The molecule has 0 aromatic rings. The average Bonchev–Trinajstić information content (AvgIpc) is 2.10. The van der Waals surface area contributed by atoms with E-state index in [4.69, 9.17) is 10.2 Å². The minimum atomic E-state index is -1.53. The molecule has 0 aliphatic carbocycles.